The molecule has 1 N–H and O–H groups in total. The smallest absolute Gasteiger partial charge is 0.119 e. The van der Waals surface area contributed by atoms with Crippen LogP contribution in [0, 0.1) is 0 Å². The molecule has 0 radical (unpaired) electrons. The van der Waals surface area contributed by atoms with Crippen LogP contribution in [0.2, 0.25) is 0 Å². The van der Waals surface area contributed by atoms with Gasteiger partial charge in [-0.05, 0) is 42.3 Å². The molecule has 0 aliphatic rings. The molecule has 2 aromatic carbocycles. The van der Waals surface area contributed by atoms with Gasteiger partial charge in [-0.15, -0.1) is 0 Å². The minimum absolute atomic E-state index is 0.697. The third-order valence-electron chi connectivity index (χ3n) is 3.04. The molecule has 0 heterocycles. The number of hydrogen-bond donors (Lipinski definition) is 1. The van der Waals surface area contributed by atoms with E-state index in [4.69, 9.17) is 4.74 Å². The molecule has 0 atom stereocenters. The predicted octanol–water partition coefficient (Wildman–Crippen LogP) is 3.86. The summed E-state index contributed by atoms with van der Waals surface area (Å²) in [6, 6.07) is 16.8. The van der Waals surface area contributed by atoms with E-state index in [0.717, 1.165) is 18.8 Å². The van der Waals surface area contributed by atoms with Crippen LogP contribution < -0.4 is 10.1 Å². The first kappa shape index (κ1) is 13.6. The number of rotatable bonds is 6. The molecule has 0 aliphatic carbocycles. The number of ether oxygens (including phenoxy) is 1. The van der Waals surface area contributed by atoms with Crippen LogP contribution in [0.4, 0.5) is 0 Å². The second-order valence-electron chi connectivity index (χ2n) is 4.40. The van der Waals surface area contributed by atoms with Gasteiger partial charge in [0.15, 0.2) is 0 Å². The molecule has 0 aliphatic heterocycles. The molecule has 19 heavy (non-hydrogen) atoms. The molecule has 0 amide bonds. The van der Waals surface area contributed by atoms with E-state index in [-0.39, 0.29) is 0 Å². The van der Waals surface area contributed by atoms with Crippen molar-refractivity contribution in [1.29, 1.82) is 0 Å². The van der Waals surface area contributed by atoms with Gasteiger partial charge in [0.25, 0.3) is 0 Å². The van der Waals surface area contributed by atoms with E-state index in [1.165, 1.54) is 16.7 Å². The average molecular weight is 255 g/mol. The number of hydrogen-bond acceptors (Lipinski definition) is 2. The van der Waals surface area contributed by atoms with E-state index in [0.29, 0.717) is 6.61 Å². The second-order valence-corrected chi connectivity index (χ2v) is 4.40. The normalized spacial score (nSPS) is 10.4. The largest absolute Gasteiger partial charge is 0.494 e. The minimum atomic E-state index is 0.697. The van der Waals surface area contributed by atoms with Crippen LogP contribution >= 0.6 is 0 Å². The molecule has 0 saturated carbocycles. The lowest BCUT2D eigenvalue weighted by molar-refractivity contribution is 0.340. The van der Waals surface area contributed by atoms with Crippen molar-refractivity contribution in [2.24, 2.45) is 0 Å². The van der Waals surface area contributed by atoms with Crippen molar-refractivity contribution >= 4 is 0 Å². The van der Waals surface area contributed by atoms with Gasteiger partial charge < -0.3 is 10.1 Å². The first-order valence-electron chi connectivity index (χ1n) is 6.87. The summed E-state index contributed by atoms with van der Waals surface area (Å²) < 4.78 is 5.57. The van der Waals surface area contributed by atoms with Crippen LogP contribution in [0.5, 0.6) is 5.75 Å². The lowest BCUT2D eigenvalue weighted by atomic mass is 9.99. The topological polar surface area (TPSA) is 21.3 Å². The quantitative estimate of drug-likeness (QED) is 0.846. The maximum absolute atomic E-state index is 5.57. The first-order chi connectivity index (χ1) is 9.35. The Morgan fingerprint density at radius 2 is 1.84 bits per heavy atom. The van der Waals surface area contributed by atoms with Crippen LogP contribution in [0.25, 0.3) is 11.1 Å². The highest BCUT2D eigenvalue weighted by atomic mass is 16.5. The molecule has 0 spiro atoms. The van der Waals surface area contributed by atoms with Gasteiger partial charge in [-0.1, -0.05) is 43.3 Å². The zero-order valence-electron chi connectivity index (χ0n) is 11.6. The summed E-state index contributed by atoms with van der Waals surface area (Å²) in [5, 5.41) is 3.38. The Hall–Kier alpha value is -1.80. The Bertz CT molecular complexity index is 522. The van der Waals surface area contributed by atoms with Gasteiger partial charge in [0, 0.05) is 6.54 Å². The highest BCUT2D eigenvalue weighted by Gasteiger charge is 2.05. The van der Waals surface area contributed by atoms with E-state index in [1.54, 1.807) is 0 Å². The number of benzene rings is 2. The Kier molecular flexibility index (Phi) is 4.99. The Morgan fingerprint density at radius 3 is 2.63 bits per heavy atom. The van der Waals surface area contributed by atoms with E-state index in [9.17, 15) is 0 Å². The molecule has 2 heteroatoms. The summed E-state index contributed by atoms with van der Waals surface area (Å²) in [6.45, 7) is 6.70. The van der Waals surface area contributed by atoms with Gasteiger partial charge in [-0.2, -0.15) is 0 Å². The molecule has 100 valence electrons. The molecule has 2 rings (SSSR count). The summed E-state index contributed by atoms with van der Waals surface area (Å²) in [4.78, 5) is 0. The van der Waals surface area contributed by atoms with Crippen LogP contribution in [0.1, 0.15) is 19.4 Å². The fourth-order valence-electron chi connectivity index (χ4n) is 2.14. The highest BCUT2D eigenvalue weighted by Crippen LogP contribution is 2.27. The van der Waals surface area contributed by atoms with Crippen molar-refractivity contribution in [2.45, 2.75) is 20.4 Å². The van der Waals surface area contributed by atoms with E-state index in [2.05, 4.69) is 48.6 Å². The van der Waals surface area contributed by atoms with Crippen molar-refractivity contribution in [3.63, 3.8) is 0 Å². The van der Waals surface area contributed by atoms with Crippen molar-refractivity contribution in [3.05, 3.63) is 54.1 Å². The second kappa shape index (κ2) is 6.95. The fraction of sp³-hybridized carbons (Fsp3) is 0.294. The van der Waals surface area contributed by atoms with E-state index < -0.39 is 0 Å². The van der Waals surface area contributed by atoms with E-state index >= 15 is 0 Å². The van der Waals surface area contributed by atoms with Gasteiger partial charge >= 0.3 is 0 Å². The van der Waals surface area contributed by atoms with Crippen molar-refractivity contribution in [3.8, 4) is 16.9 Å². The van der Waals surface area contributed by atoms with Crippen LogP contribution in [-0.4, -0.2) is 13.2 Å². The summed E-state index contributed by atoms with van der Waals surface area (Å²) >= 11 is 0. The van der Waals surface area contributed by atoms with Gasteiger partial charge in [0.2, 0.25) is 0 Å². The van der Waals surface area contributed by atoms with Crippen LogP contribution in [0.15, 0.2) is 48.5 Å². The first-order valence-corrected chi connectivity index (χ1v) is 6.87. The minimum Gasteiger partial charge on any atom is -0.494 e. The maximum Gasteiger partial charge on any atom is 0.119 e. The zero-order valence-corrected chi connectivity index (χ0v) is 11.6. The Morgan fingerprint density at radius 1 is 1.00 bits per heavy atom. The van der Waals surface area contributed by atoms with E-state index in [1.807, 2.05) is 19.1 Å². The number of nitrogens with one attached hydrogen (secondary N) is 1. The molecule has 0 unspecified atom stereocenters. The average Bonchev–Trinajstić information content (AvgIpc) is 2.46. The predicted molar refractivity (Wildman–Crippen MR) is 80.4 cm³/mol. The summed E-state index contributed by atoms with van der Waals surface area (Å²) in [5.74, 6) is 0.929. The molecular weight excluding hydrogens is 234 g/mol. The molecular formula is C17H21NO. The standard InChI is InChI=1S/C17H21NO/c1-3-18-13-15-8-5-6-11-17(15)14-9-7-10-16(12-14)19-4-2/h5-12,18H,3-4,13H2,1-2H3. The van der Waals surface area contributed by atoms with Gasteiger partial charge in [-0.3, -0.25) is 0 Å². The van der Waals surface area contributed by atoms with Gasteiger partial charge in [0.1, 0.15) is 5.75 Å². The molecule has 0 aromatic heterocycles. The van der Waals surface area contributed by atoms with Gasteiger partial charge in [0.05, 0.1) is 6.61 Å². The summed E-state index contributed by atoms with van der Waals surface area (Å²) in [6.07, 6.45) is 0. The van der Waals surface area contributed by atoms with Gasteiger partial charge in [-0.25, -0.2) is 0 Å². The SMILES string of the molecule is CCNCc1ccccc1-c1cccc(OCC)c1. The molecule has 0 saturated heterocycles. The monoisotopic (exact) mass is 255 g/mol. The lowest BCUT2D eigenvalue weighted by Gasteiger charge is -2.11. The Balaban J connectivity index is 2.32. The zero-order chi connectivity index (χ0) is 13.5. The lowest BCUT2D eigenvalue weighted by Crippen LogP contribution is -2.12. The molecule has 2 aromatic rings. The maximum atomic E-state index is 5.57. The van der Waals surface area contributed by atoms with Crippen LogP contribution in [-0.2, 0) is 6.54 Å². The Labute approximate surface area is 115 Å². The third-order valence-corrected chi connectivity index (χ3v) is 3.04. The summed E-state index contributed by atoms with van der Waals surface area (Å²) in [7, 11) is 0. The molecule has 0 fully saturated rings. The third kappa shape index (κ3) is 3.58. The molecule has 0 bridgehead atoms. The van der Waals surface area contributed by atoms with Crippen molar-refractivity contribution < 1.29 is 4.74 Å². The van der Waals surface area contributed by atoms with Crippen molar-refractivity contribution in [2.75, 3.05) is 13.2 Å². The highest BCUT2D eigenvalue weighted by molar-refractivity contribution is 5.68. The molecule has 2 nitrogen and oxygen atoms in total. The summed E-state index contributed by atoms with van der Waals surface area (Å²) in [5.41, 5.74) is 3.79. The van der Waals surface area contributed by atoms with Crippen molar-refractivity contribution in [1.82, 2.24) is 5.32 Å². The van der Waals surface area contributed by atoms with Crippen LogP contribution in [0.3, 0.4) is 0 Å². The fourth-order valence-corrected chi connectivity index (χ4v) is 2.14.